The number of rotatable bonds is 2. The standard InChI is InChI=1S/C7H11ClF3NO/c8-3-6-4-12(1-2-13-6)5-7(9,10)11/h6H,1-5H2. The van der Waals surface area contributed by atoms with Gasteiger partial charge in [-0.3, -0.25) is 4.90 Å². The smallest absolute Gasteiger partial charge is 0.374 e. The first-order valence-electron chi connectivity index (χ1n) is 3.98. The molecule has 1 unspecified atom stereocenters. The zero-order valence-corrected chi connectivity index (χ0v) is 7.74. The van der Waals surface area contributed by atoms with Crippen molar-refractivity contribution in [3.8, 4) is 0 Å². The van der Waals surface area contributed by atoms with E-state index in [1.807, 2.05) is 0 Å². The summed E-state index contributed by atoms with van der Waals surface area (Å²) in [6.45, 7) is 0.0487. The lowest BCUT2D eigenvalue weighted by Gasteiger charge is -2.32. The van der Waals surface area contributed by atoms with Crippen molar-refractivity contribution in [3.05, 3.63) is 0 Å². The van der Waals surface area contributed by atoms with Gasteiger partial charge in [-0.2, -0.15) is 13.2 Å². The summed E-state index contributed by atoms with van der Waals surface area (Å²) in [5, 5.41) is 0. The number of halogens is 4. The summed E-state index contributed by atoms with van der Waals surface area (Å²) in [5.41, 5.74) is 0. The minimum Gasteiger partial charge on any atom is -0.374 e. The Bertz CT molecular complexity index is 164. The minimum absolute atomic E-state index is 0.244. The molecule has 0 spiro atoms. The molecule has 0 amide bonds. The number of nitrogens with zero attached hydrogens (tertiary/aromatic N) is 1. The Balaban J connectivity index is 2.34. The summed E-state index contributed by atoms with van der Waals surface area (Å²) in [4.78, 5) is 1.32. The summed E-state index contributed by atoms with van der Waals surface area (Å²) in [6, 6.07) is 0. The Hall–Kier alpha value is 0. The summed E-state index contributed by atoms with van der Waals surface area (Å²) in [7, 11) is 0. The van der Waals surface area contributed by atoms with Gasteiger partial charge in [-0.05, 0) is 0 Å². The van der Waals surface area contributed by atoms with Gasteiger partial charge in [0.15, 0.2) is 0 Å². The highest BCUT2D eigenvalue weighted by Crippen LogP contribution is 2.18. The Morgan fingerprint density at radius 1 is 1.46 bits per heavy atom. The largest absolute Gasteiger partial charge is 0.401 e. The second-order valence-corrected chi connectivity index (χ2v) is 3.31. The van der Waals surface area contributed by atoms with Crippen LogP contribution in [0.25, 0.3) is 0 Å². The van der Waals surface area contributed by atoms with E-state index in [1.54, 1.807) is 0 Å². The maximum atomic E-state index is 12.0. The van der Waals surface area contributed by atoms with E-state index in [1.165, 1.54) is 4.90 Å². The van der Waals surface area contributed by atoms with Crippen molar-refractivity contribution < 1.29 is 17.9 Å². The van der Waals surface area contributed by atoms with E-state index in [0.717, 1.165) is 0 Å². The topological polar surface area (TPSA) is 12.5 Å². The lowest BCUT2D eigenvalue weighted by atomic mass is 10.3. The van der Waals surface area contributed by atoms with Crippen LogP contribution in [0, 0.1) is 0 Å². The summed E-state index contributed by atoms with van der Waals surface area (Å²) < 4.78 is 41.0. The molecule has 13 heavy (non-hydrogen) atoms. The van der Waals surface area contributed by atoms with E-state index in [9.17, 15) is 13.2 Å². The molecule has 0 aromatic heterocycles. The van der Waals surface area contributed by atoms with Gasteiger partial charge in [0.2, 0.25) is 0 Å². The molecule has 1 heterocycles. The highest BCUT2D eigenvalue weighted by Gasteiger charge is 2.32. The zero-order chi connectivity index (χ0) is 9.90. The molecule has 1 saturated heterocycles. The fourth-order valence-corrected chi connectivity index (χ4v) is 1.46. The van der Waals surface area contributed by atoms with Crippen molar-refractivity contribution >= 4 is 11.6 Å². The molecule has 0 aliphatic carbocycles. The SMILES string of the molecule is FC(F)(F)CN1CCOC(CCl)C1. The van der Waals surface area contributed by atoms with Gasteiger partial charge in [-0.25, -0.2) is 0 Å². The molecule has 1 aliphatic rings. The summed E-state index contributed by atoms with van der Waals surface area (Å²) in [5.74, 6) is 0.244. The summed E-state index contributed by atoms with van der Waals surface area (Å²) in [6.07, 6.45) is -4.40. The van der Waals surface area contributed by atoms with Crippen LogP contribution in [-0.2, 0) is 4.74 Å². The third-order valence-electron chi connectivity index (χ3n) is 1.80. The predicted octanol–water partition coefficient (Wildman–Crippen LogP) is 1.49. The first-order chi connectivity index (χ1) is 6.01. The van der Waals surface area contributed by atoms with Crippen molar-refractivity contribution in [2.45, 2.75) is 12.3 Å². The maximum absolute atomic E-state index is 12.0. The number of alkyl halides is 4. The molecule has 0 aromatic rings. The van der Waals surface area contributed by atoms with Gasteiger partial charge < -0.3 is 4.74 Å². The quantitative estimate of drug-likeness (QED) is 0.650. The molecule has 0 N–H and O–H groups in total. The fourth-order valence-electron chi connectivity index (χ4n) is 1.27. The molecule has 0 bridgehead atoms. The van der Waals surface area contributed by atoms with Crippen LogP contribution in [0.5, 0.6) is 0 Å². The first-order valence-corrected chi connectivity index (χ1v) is 4.51. The molecular formula is C7H11ClF3NO. The van der Waals surface area contributed by atoms with Crippen LogP contribution in [-0.4, -0.2) is 49.3 Å². The third kappa shape index (κ3) is 4.15. The minimum atomic E-state index is -4.13. The monoisotopic (exact) mass is 217 g/mol. The molecule has 0 radical (unpaired) electrons. The molecule has 1 atom stereocenters. The lowest BCUT2D eigenvalue weighted by molar-refractivity contribution is -0.157. The van der Waals surface area contributed by atoms with Gasteiger partial charge in [-0.15, -0.1) is 11.6 Å². The third-order valence-corrected chi connectivity index (χ3v) is 2.14. The molecular weight excluding hydrogens is 207 g/mol. The van der Waals surface area contributed by atoms with Gasteiger partial charge >= 0.3 is 6.18 Å². The lowest BCUT2D eigenvalue weighted by Crippen LogP contribution is -2.46. The average Bonchev–Trinajstić information content (AvgIpc) is 2.01. The number of morpholine rings is 1. The first kappa shape index (κ1) is 11.1. The maximum Gasteiger partial charge on any atom is 0.401 e. The van der Waals surface area contributed by atoms with E-state index in [-0.39, 0.29) is 18.5 Å². The van der Waals surface area contributed by atoms with Gasteiger partial charge in [0.05, 0.1) is 19.3 Å². The Morgan fingerprint density at radius 3 is 2.69 bits per heavy atom. The fraction of sp³-hybridized carbons (Fsp3) is 1.00. The van der Waals surface area contributed by atoms with Crippen molar-refractivity contribution in [3.63, 3.8) is 0 Å². The summed E-state index contributed by atoms with van der Waals surface area (Å²) >= 11 is 5.48. The van der Waals surface area contributed by atoms with Crippen LogP contribution < -0.4 is 0 Å². The van der Waals surface area contributed by atoms with Crippen molar-refractivity contribution in [1.82, 2.24) is 4.90 Å². The van der Waals surface area contributed by atoms with Crippen LogP contribution in [0.2, 0.25) is 0 Å². The average molecular weight is 218 g/mol. The van der Waals surface area contributed by atoms with E-state index in [0.29, 0.717) is 13.2 Å². The van der Waals surface area contributed by atoms with Gasteiger partial charge in [0, 0.05) is 19.0 Å². The Morgan fingerprint density at radius 2 is 2.15 bits per heavy atom. The highest BCUT2D eigenvalue weighted by molar-refractivity contribution is 6.18. The molecule has 1 rings (SSSR count). The zero-order valence-electron chi connectivity index (χ0n) is 6.98. The van der Waals surface area contributed by atoms with Crippen LogP contribution in [0.15, 0.2) is 0 Å². The van der Waals surface area contributed by atoms with Crippen molar-refractivity contribution in [1.29, 1.82) is 0 Å². The van der Waals surface area contributed by atoms with Gasteiger partial charge in [0.25, 0.3) is 0 Å². The predicted molar refractivity (Wildman–Crippen MR) is 43.0 cm³/mol. The molecule has 0 saturated carbocycles. The highest BCUT2D eigenvalue weighted by atomic mass is 35.5. The Kier molecular flexibility index (Phi) is 3.82. The molecule has 1 aliphatic heterocycles. The van der Waals surface area contributed by atoms with E-state index in [4.69, 9.17) is 16.3 Å². The molecule has 6 heteroatoms. The van der Waals surface area contributed by atoms with E-state index >= 15 is 0 Å². The number of hydrogen-bond donors (Lipinski definition) is 0. The normalized spacial score (nSPS) is 26.3. The Labute approximate surface area is 79.6 Å². The van der Waals surface area contributed by atoms with Crippen LogP contribution in [0.3, 0.4) is 0 Å². The van der Waals surface area contributed by atoms with Gasteiger partial charge in [0.1, 0.15) is 0 Å². The van der Waals surface area contributed by atoms with Crippen molar-refractivity contribution in [2.75, 3.05) is 32.1 Å². The number of ether oxygens (including phenoxy) is 1. The van der Waals surface area contributed by atoms with Crippen molar-refractivity contribution in [2.24, 2.45) is 0 Å². The molecule has 0 aromatic carbocycles. The van der Waals surface area contributed by atoms with Gasteiger partial charge in [-0.1, -0.05) is 0 Å². The molecule has 2 nitrogen and oxygen atoms in total. The van der Waals surface area contributed by atoms with E-state index in [2.05, 4.69) is 0 Å². The molecule has 78 valence electrons. The van der Waals surface area contributed by atoms with Crippen LogP contribution in [0.1, 0.15) is 0 Å². The van der Waals surface area contributed by atoms with E-state index < -0.39 is 12.7 Å². The molecule has 1 fully saturated rings. The second kappa shape index (κ2) is 4.48. The number of hydrogen-bond acceptors (Lipinski definition) is 2. The van der Waals surface area contributed by atoms with Crippen LogP contribution >= 0.6 is 11.6 Å². The van der Waals surface area contributed by atoms with Crippen LogP contribution in [0.4, 0.5) is 13.2 Å². The second-order valence-electron chi connectivity index (χ2n) is 3.00.